The maximum atomic E-state index is 5.69. The highest BCUT2D eigenvalue weighted by atomic mass is 32.2. The highest BCUT2D eigenvalue weighted by Gasteiger charge is 2.16. The molecule has 2 heteroatoms. The van der Waals surface area contributed by atoms with Gasteiger partial charge in [0.1, 0.15) is 0 Å². The molecule has 0 aromatic heterocycles. The van der Waals surface area contributed by atoms with Crippen molar-refractivity contribution in [1.82, 2.24) is 0 Å². The number of hydrogen-bond donors (Lipinski definition) is 0. The van der Waals surface area contributed by atoms with Crippen molar-refractivity contribution in [3.8, 4) is 0 Å². The van der Waals surface area contributed by atoms with Gasteiger partial charge >= 0.3 is 0 Å². The van der Waals surface area contributed by atoms with Gasteiger partial charge in [0.2, 0.25) is 0 Å². The van der Waals surface area contributed by atoms with E-state index >= 15 is 0 Å². The second kappa shape index (κ2) is 10.1. The molecule has 0 aromatic rings. The second-order valence-electron chi connectivity index (χ2n) is 5.16. The SMILES string of the molecule is C=S(CCCCCCCCCC)C1CCCO1. The summed E-state index contributed by atoms with van der Waals surface area (Å²) in [6, 6.07) is 0. The van der Waals surface area contributed by atoms with Crippen LogP contribution in [0.3, 0.4) is 0 Å². The van der Waals surface area contributed by atoms with Crippen molar-refractivity contribution in [2.45, 2.75) is 76.6 Å². The van der Waals surface area contributed by atoms with Crippen LogP contribution in [0.2, 0.25) is 0 Å². The lowest BCUT2D eigenvalue weighted by atomic mass is 10.1. The van der Waals surface area contributed by atoms with Crippen LogP contribution >= 0.6 is 10.5 Å². The first-order chi connectivity index (χ1) is 8.34. The number of rotatable bonds is 10. The zero-order valence-corrected chi connectivity index (χ0v) is 12.4. The van der Waals surface area contributed by atoms with E-state index in [2.05, 4.69) is 12.8 Å². The van der Waals surface area contributed by atoms with Crippen LogP contribution in [-0.2, 0) is 4.74 Å². The van der Waals surface area contributed by atoms with E-state index in [1.807, 2.05) is 0 Å². The van der Waals surface area contributed by atoms with Crippen LogP contribution in [0, 0.1) is 0 Å². The molecule has 1 saturated heterocycles. The summed E-state index contributed by atoms with van der Waals surface area (Å²) in [4.78, 5) is 0. The highest BCUT2D eigenvalue weighted by molar-refractivity contribution is 8.14. The van der Waals surface area contributed by atoms with E-state index in [-0.39, 0.29) is 10.5 Å². The minimum Gasteiger partial charge on any atom is -0.368 e. The van der Waals surface area contributed by atoms with Crippen LogP contribution in [0.15, 0.2) is 0 Å². The van der Waals surface area contributed by atoms with Gasteiger partial charge < -0.3 is 4.74 Å². The van der Waals surface area contributed by atoms with Gasteiger partial charge in [-0.3, -0.25) is 0 Å². The monoisotopic (exact) mass is 258 g/mol. The number of hydrogen-bond acceptors (Lipinski definition) is 1. The quantitative estimate of drug-likeness (QED) is 0.397. The third-order valence-corrected chi connectivity index (χ3v) is 5.45. The van der Waals surface area contributed by atoms with Crippen molar-refractivity contribution < 1.29 is 4.74 Å². The summed E-state index contributed by atoms with van der Waals surface area (Å²) < 4.78 is 5.69. The Balaban J connectivity index is 1.85. The molecule has 0 spiro atoms. The third-order valence-electron chi connectivity index (χ3n) is 3.52. The molecular formula is C15H30OS. The first-order valence-electron chi connectivity index (χ1n) is 7.45. The van der Waals surface area contributed by atoms with Gasteiger partial charge in [0.15, 0.2) is 0 Å². The lowest BCUT2D eigenvalue weighted by molar-refractivity contribution is 0.173. The van der Waals surface area contributed by atoms with Gasteiger partial charge in [0.25, 0.3) is 0 Å². The summed E-state index contributed by atoms with van der Waals surface area (Å²) in [5.74, 6) is 5.57. The van der Waals surface area contributed by atoms with Crippen LogP contribution in [0.4, 0.5) is 0 Å². The predicted molar refractivity (Wildman–Crippen MR) is 81.2 cm³/mol. The van der Waals surface area contributed by atoms with Gasteiger partial charge in [-0.05, 0) is 25.0 Å². The van der Waals surface area contributed by atoms with Gasteiger partial charge in [-0.1, -0.05) is 57.7 Å². The Morgan fingerprint density at radius 2 is 1.71 bits per heavy atom. The number of unbranched alkanes of at least 4 members (excludes halogenated alkanes) is 7. The average Bonchev–Trinajstić information content (AvgIpc) is 2.86. The molecule has 2 unspecified atom stereocenters. The minimum absolute atomic E-state index is 0.272. The third kappa shape index (κ3) is 7.25. The summed E-state index contributed by atoms with van der Waals surface area (Å²) in [5, 5.41) is 0. The molecule has 17 heavy (non-hydrogen) atoms. The molecule has 1 nitrogen and oxygen atoms in total. The Hall–Kier alpha value is 0.180. The van der Waals surface area contributed by atoms with E-state index in [9.17, 15) is 0 Å². The van der Waals surface area contributed by atoms with Crippen molar-refractivity contribution in [2.24, 2.45) is 0 Å². The standard InChI is InChI=1S/C15H30OS/c1-3-4-5-6-7-8-9-10-14-17(2)15-12-11-13-16-15/h15H,2-14H2,1H3. The first kappa shape index (κ1) is 15.2. The summed E-state index contributed by atoms with van der Waals surface area (Å²) >= 11 is 0. The van der Waals surface area contributed by atoms with Crippen LogP contribution < -0.4 is 0 Å². The largest absolute Gasteiger partial charge is 0.368 e. The van der Waals surface area contributed by atoms with E-state index in [1.54, 1.807) is 0 Å². The molecule has 1 aliphatic rings. The first-order valence-corrected chi connectivity index (χ1v) is 9.08. The molecule has 102 valence electrons. The Morgan fingerprint density at radius 1 is 1.06 bits per heavy atom. The fourth-order valence-electron chi connectivity index (χ4n) is 2.36. The van der Waals surface area contributed by atoms with Crippen molar-refractivity contribution in [3.63, 3.8) is 0 Å². The Labute approximate surface area is 110 Å². The van der Waals surface area contributed by atoms with Crippen LogP contribution in [0.25, 0.3) is 0 Å². The van der Waals surface area contributed by atoms with Gasteiger partial charge in [-0.15, -0.1) is 0 Å². The van der Waals surface area contributed by atoms with E-state index in [0.717, 1.165) is 6.61 Å². The molecule has 0 saturated carbocycles. The van der Waals surface area contributed by atoms with Crippen LogP contribution in [0.1, 0.15) is 71.1 Å². The fourth-order valence-corrected chi connectivity index (χ4v) is 3.99. The summed E-state index contributed by atoms with van der Waals surface area (Å²) in [6.45, 7) is 3.25. The molecule has 0 bridgehead atoms. The molecule has 0 amide bonds. The molecule has 1 aliphatic heterocycles. The summed E-state index contributed by atoms with van der Waals surface area (Å²) in [5.41, 5.74) is 0.500. The van der Waals surface area contributed by atoms with E-state index in [4.69, 9.17) is 4.74 Å². The number of ether oxygens (including phenoxy) is 1. The van der Waals surface area contributed by atoms with Crippen LogP contribution in [-0.4, -0.2) is 23.7 Å². The maximum Gasteiger partial charge on any atom is 0.0976 e. The smallest absolute Gasteiger partial charge is 0.0976 e. The van der Waals surface area contributed by atoms with E-state index in [1.165, 1.54) is 70.0 Å². The molecule has 1 rings (SSSR count). The average molecular weight is 258 g/mol. The highest BCUT2D eigenvalue weighted by Crippen LogP contribution is 2.29. The molecule has 0 radical (unpaired) electrons. The normalized spacial score (nSPS) is 21.8. The van der Waals surface area contributed by atoms with Crippen molar-refractivity contribution >= 4 is 16.4 Å². The Morgan fingerprint density at radius 3 is 2.29 bits per heavy atom. The van der Waals surface area contributed by atoms with Gasteiger partial charge in [-0.25, -0.2) is 0 Å². The molecule has 1 heterocycles. The van der Waals surface area contributed by atoms with Crippen molar-refractivity contribution in [1.29, 1.82) is 0 Å². The molecule has 0 N–H and O–H groups in total. The molecule has 0 aromatic carbocycles. The predicted octanol–water partition coefficient (Wildman–Crippen LogP) is 4.96. The van der Waals surface area contributed by atoms with Crippen molar-refractivity contribution in [3.05, 3.63) is 0 Å². The van der Waals surface area contributed by atoms with Crippen LogP contribution in [0.5, 0.6) is 0 Å². The molecule has 0 aliphatic carbocycles. The minimum atomic E-state index is 0.272. The molecular weight excluding hydrogens is 228 g/mol. The zero-order valence-electron chi connectivity index (χ0n) is 11.6. The molecule has 2 atom stereocenters. The lowest BCUT2D eigenvalue weighted by Crippen LogP contribution is -2.03. The lowest BCUT2D eigenvalue weighted by Gasteiger charge is -2.14. The zero-order chi connectivity index (χ0) is 12.3. The van der Waals surface area contributed by atoms with E-state index < -0.39 is 0 Å². The Bertz CT molecular complexity index is 197. The van der Waals surface area contributed by atoms with Gasteiger partial charge in [-0.2, -0.15) is 10.5 Å². The second-order valence-corrected chi connectivity index (χ2v) is 7.17. The molecule has 1 fully saturated rings. The topological polar surface area (TPSA) is 9.23 Å². The maximum absolute atomic E-state index is 5.69. The van der Waals surface area contributed by atoms with E-state index in [0.29, 0.717) is 5.44 Å². The Kier molecular flexibility index (Phi) is 9.08. The van der Waals surface area contributed by atoms with Gasteiger partial charge in [0, 0.05) is 6.61 Å². The fraction of sp³-hybridized carbons (Fsp3) is 0.933. The van der Waals surface area contributed by atoms with Gasteiger partial charge in [0.05, 0.1) is 5.44 Å². The van der Waals surface area contributed by atoms with Crippen molar-refractivity contribution in [2.75, 3.05) is 12.4 Å². The summed E-state index contributed by atoms with van der Waals surface area (Å²) in [7, 11) is 0.272. The summed E-state index contributed by atoms with van der Waals surface area (Å²) in [6.07, 6.45) is 13.8.